The molecule has 0 aliphatic carbocycles. The van der Waals surface area contributed by atoms with Gasteiger partial charge in [-0.15, -0.1) is 0 Å². The number of urea groups is 1. The first-order chi connectivity index (χ1) is 21.9. The van der Waals surface area contributed by atoms with Gasteiger partial charge in [0.1, 0.15) is 5.75 Å². The number of phenolic OH excluding ortho intramolecular Hbond substituents is 1. The Labute approximate surface area is 270 Å². The van der Waals surface area contributed by atoms with Crippen LogP contribution in [0.25, 0.3) is 0 Å². The molecule has 2 aromatic rings. The number of piperidine rings is 2. The molecule has 1 atom stereocenters. The maximum atomic E-state index is 14.0. The number of phenols is 1. The lowest BCUT2D eigenvalue weighted by Gasteiger charge is -2.39. The Kier molecular flexibility index (Phi) is 10.1. The second kappa shape index (κ2) is 14.4. The molecule has 0 radical (unpaired) electrons. The Morgan fingerprint density at radius 3 is 2.33 bits per heavy atom. The lowest BCUT2D eigenvalue weighted by Crippen LogP contribution is -2.50. The minimum absolute atomic E-state index is 0.000559. The van der Waals surface area contributed by atoms with Gasteiger partial charge >= 0.3 is 6.03 Å². The van der Waals surface area contributed by atoms with Gasteiger partial charge in [-0.05, 0) is 92.5 Å². The minimum atomic E-state index is -0.509. The summed E-state index contributed by atoms with van der Waals surface area (Å²) in [4.78, 5) is 46.5. The minimum Gasteiger partial charge on any atom is -0.506 e. The van der Waals surface area contributed by atoms with E-state index in [-0.39, 0.29) is 41.1 Å². The smallest absolute Gasteiger partial charge is 0.322 e. The van der Waals surface area contributed by atoms with Crippen LogP contribution in [0.1, 0.15) is 56.1 Å². The summed E-state index contributed by atoms with van der Waals surface area (Å²) in [6.45, 7) is 4.87. The lowest BCUT2D eigenvalue weighted by atomic mass is 9.79. The van der Waals surface area contributed by atoms with E-state index in [9.17, 15) is 19.5 Å². The van der Waals surface area contributed by atoms with Crippen LogP contribution in [0.15, 0.2) is 42.5 Å². The zero-order valence-corrected chi connectivity index (χ0v) is 26.7. The van der Waals surface area contributed by atoms with Gasteiger partial charge in [-0.25, -0.2) is 4.79 Å². The number of nitrogens with one attached hydrogen (secondary N) is 1. The number of likely N-dealkylation sites (tertiary alicyclic amines) is 2. The van der Waals surface area contributed by atoms with Crippen molar-refractivity contribution >= 4 is 35.1 Å². The molecule has 4 heterocycles. The van der Waals surface area contributed by atoms with Crippen LogP contribution in [0.5, 0.6) is 5.75 Å². The fraction of sp³-hybridized carbons (Fsp3) is 0.571. The summed E-state index contributed by atoms with van der Waals surface area (Å²) in [6, 6.07) is 12.9. The number of halogens is 1. The number of benzene rings is 2. The normalized spacial score (nSPS) is 21.2. The summed E-state index contributed by atoms with van der Waals surface area (Å²) in [5.41, 5.74) is 2.84. The molecule has 4 aliphatic heterocycles. The van der Waals surface area contributed by atoms with Gasteiger partial charge in [0.2, 0.25) is 11.8 Å². The number of hydrogen-bond acceptors (Lipinski definition) is 5. The highest BCUT2D eigenvalue weighted by molar-refractivity contribution is 6.32. The van der Waals surface area contributed by atoms with Crippen LogP contribution in [-0.4, -0.2) is 89.6 Å². The molecule has 0 spiro atoms. The number of ether oxygens (including phenoxy) is 1. The van der Waals surface area contributed by atoms with Crippen LogP contribution in [0.2, 0.25) is 5.02 Å². The van der Waals surface area contributed by atoms with Crippen molar-refractivity contribution in [2.24, 2.45) is 17.8 Å². The largest absolute Gasteiger partial charge is 0.506 e. The van der Waals surface area contributed by atoms with E-state index in [1.165, 1.54) is 0 Å². The van der Waals surface area contributed by atoms with Crippen LogP contribution in [0.4, 0.5) is 10.5 Å². The number of nitrogens with zero attached hydrogens (tertiary/aromatic N) is 3. The number of anilines is 1. The zero-order valence-electron chi connectivity index (χ0n) is 26.0. The van der Waals surface area contributed by atoms with E-state index in [0.717, 1.165) is 75.2 Å². The van der Waals surface area contributed by atoms with Crippen molar-refractivity contribution in [2.45, 2.75) is 63.8 Å². The summed E-state index contributed by atoms with van der Waals surface area (Å²) in [6.07, 6.45) is 6.91. The molecule has 242 valence electrons. The molecule has 4 aliphatic rings. The van der Waals surface area contributed by atoms with E-state index >= 15 is 0 Å². The average Bonchev–Trinajstić information content (AvgIpc) is 3.24. The molecule has 2 aromatic carbocycles. The topological polar surface area (TPSA) is 102 Å². The Morgan fingerprint density at radius 2 is 1.60 bits per heavy atom. The second-order valence-electron chi connectivity index (χ2n) is 13.1. The molecular formula is C35H45ClN4O5. The maximum absolute atomic E-state index is 14.0. The maximum Gasteiger partial charge on any atom is 0.322 e. The van der Waals surface area contributed by atoms with Crippen molar-refractivity contribution in [3.63, 3.8) is 0 Å². The molecule has 10 heteroatoms. The van der Waals surface area contributed by atoms with E-state index in [1.807, 2.05) is 32.9 Å². The van der Waals surface area contributed by atoms with Gasteiger partial charge in [0.05, 0.1) is 10.9 Å². The Hall–Kier alpha value is -3.30. The fourth-order valence-electron chi connectivity index (χ4n) is 7.75. The van der Waals surface area contributed by atoms with Crippen LogP contribution >= 0.6 is 11.6 Å². The molecule has 0 saturated carbocycles. The highest BCUT2D eigenvalue weighted by Crippen LogP contribution is 2.33. The summed E-state index contributed by atoms with van der Waals surface area (Å²) >= 11 is 6.21. The zero-order chi connectivity index (χ0) is 31.3. The number of hydrogen-bond donors (Lipinski definition) is 2. The van der Waals surface area contributed by atoms with Crippen molar-refractivity contribution in [3.8, 4) is 5.75 Å². The Balaban J connectivity index is 1.07. The van der Waals surface area contributed by atoms with E-state index < -0.39 is 5.92 Å². The van der Waals surface area contributed by atoms with Crippen LogP contribution in [0.3, 0.4) is 0 Å². The number of para-hydroxylation sites is 1. The molecule has 4 amide bonds. The highest BCUT2D eigenvalue weighted by atomic mass is 35.5. The van der Waals surface area contributed by atoms with Crippen molar-refractivity contribution in [1.29, 1.82) is 0 Å². The first-order valence-corrected chi connectivity index (χ1v) is 17.0. The van der Waals surface area contributed by atoms with Crippen molar-refractivity contribution in [2.75, 3.05) is 51.3 Å². The highest BCUT2D eigenvalue weighted by Gasteiger charge is 2.36. The summed E-state index contributed by atoms with van der Waals surface area (Å²) < 4.78 is 5.55. The predicted octanol–water partition coefficient (Wildman–Crippen LogP) is 5.34. The number of aromatic hydroxyl groups is 1. The molecule has 3 fully saturated rings. The van der Waals surface area contributed by atoms with Gasteiger partial charge in [-0.1, -0.05) is 35.9 Å². The first-order valence-electron chi connectivity index (χ1n) is 16.6. The fourth-order valence-corrected chi connectivity index (χ4v) is 7.95. The quantitative estimate of drug-likeness (QED) is 0.427. The van der Waals surface area contributed by atoms with Crippen molar-refractivity contribution in [3.05, 3.63) is 58.6 Å². The van der Waals surface area contributed by atoms with Gasteiger partial charge < -0.3 is 29.9 Å². The van der Waals surface area contributed by atoms with Gasteiger partial charge in [0.15, 0.2) is 0 Å². The molecule has 0 aromatic heterocycles. The first kappa shape index (κ1) is 31.7. The van der Waals surface area contributed by atoms with Gasteiger partial charge in [0, 0.05) is 64.1 Å². The third-order valence-corrected chi connectivity index (χ3v) is 10.8. The summed E-state index contributed by atoms with van der Waals surface area (Å²) in [7, 11) is 0. The molecule has 9 nitrogen and oxygen atoms in total. The average molecular weight is 637 g/mol. The third-order valence-electron chi connectivity index (χ3n) is 10.4. The summed E-state index contributed by atoms with van der Waals surface area (Å²) in [5, 5.41) is 13.2. The van der Waals surface area contributed by atoms with Crippen molar-refractivity contribution < 1.29 is 24.2 Å². The Morgan fingerprint density at radius 1 is 0.911 bits per heavy atom. The molecule has 0 bridgehead atoms. The van der Waals surface area contributed by atoms with E-state index in [4.69, 9.17) is 16.3 Å². The lowest BCUT2D eigenvalue weighted by molar-refractivity contribution is -0.143. The standard InChI is InChI=1S/C35H45ClN4O5/c36-30-22-24(5-6-32(30)41)21-28(34(43)39-14-7-25(8-15-39)26-12-19-45-20-13-26)23-33(42)38-16-10-29(11-17-38)40-18-9-27-3-1-2-4-31(27)37-35(40)44/h1-6,22,25-26,28-29,41H,7-21,23H2,(H,37,44)/t28-/m0/s1. The van der Waals surface area contributed by atoms with E-state index in [0.29, 0.717) is 50.7 Å². The van der Waals surface area contributed by atoms with E-state index in [1.54, 1.807) is 18.2 Å². The molecule has 0 unspecified atom stereocenters. The number of amides is 4. The van der Waals surface area contributed by atoms with Gasteiger partial charge in [0.25, 0.3) is 0 Å². The predicted molar refractivity (Wildman–Crippen MR) is 173 cm³/mol. The monoisotopic (exact) mass is 636 g/mol. The summed E-state index contributed by atoms with van der Waals surface area (Å²) in [5.74, 6) is 0.779. The number of carbonyl (C=O) groups excluding carboxylic acids is 3. The van der Waals surface area contributed by atoms with Crippen LogP contribution in [0, 0.1) is 17.8 Å². The van der Waals surface area contributed by atoms with Crippen LogP contribution < -0.4 is 5.32 Å². The third kappa shape index (κ3) is 7.58. The number of rotatable bonds is 7. The van der Waals surface area contributed by atoms with Crippen molar-refractivity contribution in [1.82, 2.24) is 14.7 Å². The molecular weight excluding hydrogens is 592 g/mol. The number of fused-ring (bicyclic) bond motifs is 1. The van der Waals surface area contributed by atoms with Crippen LogP contribution in [-0.2, 0) is 27.2 Å². The van der Waals surface area contributed by atoms with Gasteiger partial charge in [-0.3, -0.25) is 9.59 Å². The van der Waals surface area contributed by atoms with E-state index in [2.05, 4.69) is 11.4 Å². The Bertz CT molecular complexity index is 1370. The molecule has 45 heavy (non-hydrogen) atoms. The SMILES string of the molecule is O=C(C[C@H](Cc1ccc(O)c(Cl)c1)C(=O)N1CCC(C2CCOCC2)CC1)N1CCC(N2CCc3ccccc3NC2=O)CC1. The molecule has 2 N–H and O–H groups in total. The second-order valence-corrected chi connectivity index (χ2v) is 13.6. The number of carbonyl (C=O) groups is 3. The van der Waals surface area contributed by atoms with Gasteiger partial charge in [-0.2, -0.15) is 0 Å². The molecule has 6 rings (SSSR count). The molecule has 3 saturated heterocycles.